The summed E-state index contributed by atoms with van der Waals surface area (Å²) in [5.74, 6) is -0.309. The maximum atomic E-state index is 11.4. The first-order chi connectivity index (χ1) is 6.60. The standard InChI is InChI=1S/C10H8ClIO2/c1-6-2-7(12)3-8(9(6)5-13)10(14)4-11/h2-3,5H,4H2,1H3. The highest BCUT2D eigenvalue weighted by Crippen LogP contribution is 2.18. The SMILES string of the molecule is Cc1cc(I)cc(C(=O)CCl)c1C=O. The van der Waals surface area contributed by atoms with Crippen LogP contribution in [0.5, 0.6) is 0 Å². The Morgan fingerprint density at radius 2 is 2.21 bits per heavy atom. The molecule has 1 aromatic carbocycles. The third-order valence-corrected chi connectivity index (χ3v) is 2.76. The lowest BCUT2D eigenvalue weighted by Gasteiger charge is -2.06. The van der Waals surface area contributed by atoms with E-state index in [1.54, 1.807) is 13.0 Å². The van der Waals surface area contributed by atoms with E-state index in [4.69, 9.17) is 11.6 Å². The summed E-state index contributed by atoms with van der Waals surface area (Å²) in [6.45, 7) is 1.80. The van der Waals surface area contributed by atoms with Gasteiger partial charge in [-0.2, -0.15) is 0 Å². The molecule has 0 aliphatic carbocycles. The minimum Gasteiger partial charge on any atom is -0.298 e. The van der Waals surface area contributed by atoms with Crippen molar-refractivity contribution in [1.29, 1.82) is 0 Å². The number of halogens is 2. The second-order valence-electron chi connectivity index (χ2n) is 2.86. The number of rotatable bonds is 3. The molecule has 14 heavy (non-hydrogen) atoms. The summed E-state index contributed by atoms with van der Waals surface area (Å²) in [4.78, 5) is 22.2. The molecule has 0 unspecified atom stereocenters. The van der Waals surface area contributed by atoms with Crippen molar-refractivity contribution in [2.45, 2.75) is 6.92 Å². The van der Waals surface area contributed by atoms with Crippen LogP contribution in [-0.2, 0) is 0 Å². The van der Waals surface area contributed by atoms with E-state index < -0.39 is 0 Å². The molecule has 0 saturated carbocycles. The molecule has 0 aliphatic heterocycles. The van der Waals surface area contributed by atoms with Crippen LogP contribution >= 0.6 is 34.2 Å². The van der Waals surface area contributed by atoms with Gasteiger partial charge in [-0.3, -0.25) is 9.59 Å². The predicted molar refractivity (Wildman–Crippen MR) is 64.3 cm³/mol. The first kappa shape index (κ1) is 11.7. The lowest BCUT2D eigenvalue weighted by molar-refractivity contribution is 0.101. The Balaban J connectivity index is 3.39. The van der Waals surface area contributed by atoms with E-state index in [1.807, 2.05) is 6.07 Å². The molecule has 1 rings (SSSR count). The van der Waals surface area contributed by atoms with Crippen LogP contribution in [0.2, 0.25) is 0 Å². The third kappa shape index (κ3) is 2.33. The van der Waals surface area contributed by atoms with Crippen LogP contribution in [0.15, 0.2) is 12.1 Å². The number of aryl methyl sites for hydroxylation is 1. The van der Waals surface area contributed by atoms with Gasteiger partial charge in [-0.25, -0.2) is 0 Å². The van der Waals surface area contributed by atoms with Gasteiger partial charge < -0.3 is 0 Å². The van der Waals surface area contributed by atoms with Crippen LogP contribution in [0.25, 0.3) is 0 Å². The van der Waals surface area contributed by atoms with Gasteiger partial charge in [-0.05, 0) is 47.2 Å². The van der Waals surface area contributed by atoms with Crippen LogP contribution in [0.4, 0.5) is 0 Å². The van der Waals surface area contributed by atoms with Gasteiger partial charge in [0.1, 0.15) is 0 Å². The van der Waals surface area contributed by atoms with E-state index >= 15 is 0 Å². The Kier molecular flexibility index (Phi) is 4.07. The molecule has 2 nitrogen and oxygen atoms in total. The topological polar surface area (TPSA) is 34.1 Å². The molecule has 0 aliphatic rings. The molecule has 0 heterocycles. The first-order valence-electron chi connectivity index (χ1n) is 3.94. The molecule has 0 saturated heterocycles. The lowest BCUT2D eigenvalue weighted by Crippen LogP contribution is -2.07. The van der Waals surface area contributed by atoms with Gasteiger partial charge in [0.2, 0.25) is 0 Å². The van der Waals surface area contributed by atoms with Crippen molar-refractivity contribution in [3.63, 3.8) is 0 Å². The van der Waals surface area contributed by atoms with Gasteiger partial charge in [0.25, 0.3) is 0 Å². The van der Waals surface area contributed by atoms with Crippen molar-refractivity contribution in [2.24, 2.45) is 0 Å². The molecule has 0 aromatic heterocycles. The maximum Gasteiger partial charge on any atom is 0.178 e. The quantitative estimate of drug-likeness (QED) is 0.371. The number of alkyl halides is 1. The molecule has 0 spiro atoms. The molecule has 0 radical (unpaired) electrons. The second-order valence-corrected chi connectivity index (χ2v) is 4.37. The Morgan fingerprint density at radius 3 is 2.71 bits per heavy atom. The summed E-state index contributed by atoms with van der Waals surface area (Å²) in [6, 6.07) is 3.54. The highest BCUT2D eigenvalue weighted by molar-refractivity contribution is 14.1. The number of carbonyl (C=O) groups excluding carboxylic acids is 2. The maximum absolute atomic E-state index is 11.4. The van der Waals surface area contributed by atoms with E-state index in [2.05, 4.69) is 22.6 Å². The molecule has 0 amide bonds. The summed E-state index contributed by atoms with van der Waals surface area (Å²) in [7, 11) is 0. The van der Waals surface area contributed by atoms with E-state index in [9.17, 15) is 9.59 Å². The summed E-state index contributed by atoms with van der Waals surface area (Å²) in [5.41, 5.74) is 1.66. The first-order valence-corrected chi connectivity index (χ1v) is 5.56. The van der Waals surface area contributed by atoms with Gasteiger partial charge in [0.05, 0.1) is 5.88 Å². The highest BCUT2D eigenvalue weighted by atomic mass is 127. The van der Waals surface area contributed by atoms with Crippen molar-refractivity contribution in [3.8, 4) is 0 Å². The fourth-order valence-corrected chi connectivity index (χ4v) is 2.14. The van der Waals surface area contributed by atoms with Gasteiger partial charge in [-0.1, -0.05) is 0 Å². The smallest absolute Gasteiger partial charge is 0.178 e. The molecular formula is C10H8ClIO2. The summed E-state index contributed by atoms with van der Waals surface area (Å²) < 4.78 is 0.930. The Hall–Kier alpha value is -0.420. The minimum atomic E-state index is -0.213. The van der Waals surface area contributed by atoms with Crippen molar-refractivity contribution >= 4 is 46.3 Å². The largest absolute Gasteiger partial charge is 0.298 e. The fourth-order valence-electron chi connectivity index (χ4n) is 1.21. The van der Waals surface area contributed by atoms with E-state index in [0.29, 0.717) is 17.4 Å². The molecule has 4 heteroatoms. The average molecular weight is 323 g/mol. The third-order valence-electron chi connectivity index (χ3n) is 1.89. The van der Waals surface area contributed by atoms with Crippen LogP contribution in [0.3, 0.4) is 0 Å². The Morgan fingerprint density at radius 1 is 1.57 bits per heavy atom. The van der Waals surface area contributed by atoms with Crippen molar-refractivity contribution < 1.29 is 9.59 Å². The lowest BCUT2D eigenvalue weighted by atomic mass is 10.0. The van der Waals surface area contributed by atoms with E-state index in [1.165, 1.54) is 0 Å². The average Bonchev–Trinajstić information content (AvgIpc) is 2.15. The van der Waals surface area contributed by atoms with E-state index in [0.717, 1.165) is 9.13 Å². The number of benzene rings is 1. The molecule has 0 atom stereocenters. The van der Waals surface area contributed by atoms with Crippen LogP contribution < -0.4 is 0 Å². The van der Waals surface area contributed by atoms with Gasteiger partial charge in [0.15, 0.2) is 12.1 Å². The van der Waals surface area contributed by atoms with Crippen molar-refractivity contribution in [3.05, 3.63) is 32.4 Å². The zero-order chi connectivity index (χ0) is 10.7. The second kappa shape index (κ2) is 4.89. The zero-order valence-electron chi connectivity index (χ0n) is 7.51. The minimum absolute atomic E-state index is 0.0969. The Bertz CT molecular complexity index is 388. The van der Waals surface area contributed by atoms with Crippen molar-refractivity contribution in [2.75, 3.05) is 5.88 Å². The summed E-state index contributed by atoms with van der Waals surface area (Å²) in [6.07, 6.45) is 0.700. The molecule has 1 aromatic rings. The normalized spacial score (nSPS) is 9.93. The van der Waals surface area contributed by atoms with Crippen LogP contribution in [0, 0.1) is 10.5 Å². The summed E-state index contributed by atoms with van der Waals surface area (Å²) >= 11 is 7.55. The number of aldehydes is 1. The van der Waals surface area contributed by atoms with E-state index in [-0.39, 0.29) is 11.7 Å². The van der Waals surface area contributed by atoms with Crippen molar-refractivity contribution in [1.82, 2.24) is 0 Å². The van der Waals surface area contributed by atoms with Crippen LogP contribution in [-0.4, -0.2) is 17.9 Å². The highest BCUT2D eigenvalue weighted by Gasteiger charge is 2.12. The molecule has 0 fully saturated rings. The van der Waals surface area contributed by atoms with Crippen LogP contribution in [0.1, 0.15) is 26.3 Å². The Labute approximate surface area is 101 Å². The monoisotopic (exact) mass is 322 g/mol. The number of ketones is 1. The number of hydrogen-bond donors (Lipinski definition) is 0. The van der Waals surface area contributed by atoms with Gasteiger partial charge >= 0.3 is 0 Å². The number of Topliss-reactive ketones (excluding diaryl/α,β-unsaturated/α-hetero) is 1. The number of hydrogen-bond acceptors (Lipinski definition) is 2. The van der Waals surface area contributed by atoms with Gasteiger partial charge in [0, 0.05) is 14.7 Å². The molecule has 0 bridgehead atoms. The van der Waals surface area contributed by atoms with Gasteiger partial charge in [-0.15, -0.1) is 11.6 Å². The zero-order valence-corrected chi connectivity index (χ0v) is 10.4. The predicted octanol–water partition coefficient (Wildman–Crippen LogP) is 2.83. The fraction of sp³-hybridized carbons (Fsp3) is 0.200. The molecular weight excluding hydrogens is 314 g/mol. The molecule has 0 N–H and O–H groups in total. The summed E-state index contributed by atoms with van der Waals surface area (Å²) in [5, 5.41) is 0. The number of carbonyl (C=O) groups is 2. The molecule has 74 valence electrons.